The van der Waals surface area contributed by atoms with Crippen LogP contribution in [0.3, 0.4) is 0 Å². The lowest BCUT2D eigenvalue weighted by atomic mass is 9.82. The summed E-state index contributed by atoms with van der Waals surface area (Å²) in [5, 5.41) is 6.82. The van der Waals surface area contributed by atoms with E-state index in [0.717, 1.165) is 49.8 Å². The van der Waals surface area contributed by atoms with Gasteiger partial charge in [-0.3, -0.25) is 19.9 Å². The summed E-state index contributed by atoms with van der Waals surface area (Å²) in [6, 6.07) is 3.94. The van der Waals surface area contributed by atoms with Gasteiger partial charge in [0.05, 0.1) is 17.4 Å². The van der Waals surface area contributed by atoms with Gasteiger partial charge in [-0.05, 0) is 95.0 Å². The van der Waals surface area contributed by atoms with Crippen LogP contribution in [0.1, 0.15) is 57.9 Å². The van der Waals surface area contributed by atoms with Crippen LogP contribution in [0.15, 0.2) is 24.5 Å². The third kappa shape index (κ3) is 4.98. The lowest BCUT2D eigenvalue weighted by Gasteiger charge is -2.45. The maximum Gasteiger partial charge on any atom is 0.328 e. The summed E-state index contributed by atoms with van der Waals surface area (Å²) in [7, 11) is 0. The Hall–Kier alpha value is -2.45. The summed E-state index contributed by atoms with van der Waals surface area (Å²) in [6.45, 7) is 9.38. The van der Waals surface area contributed by atoms with Gasteiger partial charge in [0.1, 0.15) is 0 Å². The van der Waals surface area contributed by atoms with E-state index in [0.29, 0.717) is 18.9 Å². The van der Waals surface area contributed by atoms with Crippen LogP contribution in [-0.2, 0) is 16.0 Å². The average Bonchev–Trinajstić information content (AvgIpc) is 3.23. The Kier molecular flexibility index (Phi) is 6.62. The van der Waals surface area contributed by atoms with Gasteiger partial charge < -0.3 is 4.74 Å². The van der Waals surface area contributed by atoms with E-state index in [2.05, 4.69) is 41.3 Å². The summed E-state index contributed by atoms with van der Waals surface area (Å²) in [4.78, 5) is 28.2. The lowest BCUT2D eigenvalue weighted by molar-refractivity contribution is -0.120. The molecule has 184 valence electrons. The molecule has 3 fully saturated rings. The number of nitrogens with one attached hydrogen (secondary N) is 1. The fourth-order valence-electron chi connectivity index (χ4n) is 6.00. The molecular weight excluding hydrogens is 430 g/mol. The van der Waals surface area contributed by atoms with Crippen LogP contribution in [-0.4, -0.2) is 64.8 Å². The number of hydrogen-bond acceptors (Lipinski definition) is 5. The Balaban J connectivity index is 1.21. The second-order valence-corrected chi connectivity index (χ2v) is 10.9. The molecule has 8 heteroatoms. The number of amides is 3. The summed E-state index contributed by atoms with van der Waals surface area (Å²) < 4.78 is 7.36. The zero-order valence-electron chi connectivity index (χ0n) is 20.5. The molecule has 0 spiro atoms. The predicted octanol–water partition coefficient (Wildman–Crippen LogP) is 3.63. The van der Waals surface area contributed by atoms with Gasteiger partial charge >= 0.3 is 6.03 Å². The number of carbonyl (C=O) groups excluding carboxylic acids is 2. The number of pyridine rings is 1. The number of hydrogen-bond donors (Lipinski definition) is 1. The Morgan fingerprint density at radius 1 is 1.09 bits per heavy atom. The quantitative estimate of drug-likeness (QED) is 0.702. The van der Waals surface area contributed by atoms with E-state index in [4.69, 9.17) is 4.74 Å². The molecule has 0 aromatic carbocycles. The monoisotopic (exact) mass is 467 g/mol. The highest BCUT2D eigenvalue weighted by molar-refractivity contribution is 6.07. The van der Waals surface area contributed by atoms with E-state index in [1.54, 1.807) is 11.1 Å². The van der Waals surface area contributed by atoms with Crippen molar-refractivity contribution >= 4 is 23.1 Å². The Bertz CT molecular complexity index is 1030. The number of likely N-dealkylation sites (tertiary alicyclic amines) is 1. The third-order valence-electron chi connectivity index (χ3n) is 8.03. The standard InChI is InChI=1S/C26H37N5O3/c1-26(2,17-20-7-13-34-14-8-20)29-9-3-19(4-10-29)15-21-5-12-31-22(16-21)23(18-27-31)30-11-6-24(32)28-25(30)33/h5,12,16,18-20H,3-4,6-11,13-15,17H2,1-2H3,(H,28,32,33). The number of imide groups is 1. The number of nitrogens with zero attached hydrogens (tertiary/aromatic N) is 4. The van der Waals surface area contributed by atoms with E-state index < -0.39 is 0 Å². The first-order valence-electron chi connectivity index (χ1n) is 12.8. The molecular formula is C26H37N5O3. The van der Waals surface area contributed by atoms with Crippen molar-refractivity contribution in [1.29, 1.82) is 0 Å². The second-order valence-electron chi connectivity index (χ2n) is 10.9. The second kappa shape index (κ2) is 9.66. The number of rotatable bonds is 6. The molecule has 1 N–H and O–H groups in total. The number of ether oxygens (including phenoxy) is 1. The van der Waals surface area contributed by atoms with Crippen molar-refractivity contribution in [3.63, 3.8) is 0 Å². The number of fused-ring (bicyclic) bond motifs is 1. The molecule has 3 saturated heterocycles. The zero-order chi connectivity index (χ0) is 23.7. The molecule has 2 aromatic rings. The van der Waals surface area contributed by atoms with E-state index in [1.807, 2.05) is 10.7 Å². The van der Waals surface area contributed by atoms with Gasteiger partial charge in [-0.2, -0.15) is 5.10 Å². The number of piperidine rings is 1. The number of urea groups is 1. The first-order valence-corrected chi connectivity index (χ1v) is 12.8. The van der Waals surface area contributed by atoms with Crippen LogP contribution >= 0.6 is 0 Å². The van der Waals surface area contributed by atoms with E-state index in [9.17, 15) is 9.59 Å². The van der Waals surface area contributed by atoms with Crippen LogP contribution in [0, 0.1) is 11.8 Å². The molecule has 5 heterocycles. The lowest BCUT2D eigenvalue weighted by Crippen LogP contribution is -2.49. The summed E-state index contributed by atoms with van der Waals surface area (Å²) in [6.07, 6.45) is 11.1. The third-order valence-corrected chi connectivity index (χ3v) is 8.03. The van der Waals surface area contributed by atoms with Gasteiger partial charge in [0, 0.05) is 37.9 Å². The van der Waals surface area contributed by atoms with E-state index in [-0.39, 0.29) is 17.5 Å². The van der Waals surface area contributed by atoms with Crippen molar-refractivity contribution in [1.82, 2.24) is 19.8 Å². The summed E-state index contributed by atoms with van der Waals surface area (Å²) >= 11 is 0. The topological polar surface area (TPSA) is 79.2 Å². The number of anilines is 1. The van der Waals surface area contributed by atoms with Gasteiger partial charge in [-0.1, -0.05) is 0 Å². The minimum atomic E-state index is -0.368. The van der Waals surface area contributed by atoms with E-state index in [1.165, 1.54) is 37.7 Å². The Morgan fingerprint density at radius 2 is 1.85 bits per heavy atom. The first-order chi connectivity index (χ1) is 16.4. The minimum Gasteiger partial charge on any atom is -0.381 e. The molecule has 8 nitrogen and oxygen atoms in total. The minimum absolute atomic E-state index is 0.222. The van der Waals surface area contributed by atoms with Gasteiger partial charge in [-0.15, -0.1) is 0 Å². The van der Waals surface area contributed by atoms with Crippen LogP contribution in [0.4, 0.5) is 10.5 Å². The molecule has 0 saturated carbocycles. The summed E-state index contributed by atoms with van der Waals surface area (Å²) in [5.74, 6) is 1.23. The van der Waals surface area contributed by atoms with Crippen molar-refractivity contribution in [3.8, 4) is 0 Å². The average molecular weight is 468 g/mol. The molecule has 0 aliphatic carbocycles. The Labute approximate surface area is 201 Å². The molecule has 5 rings (SSSR count). The van der Waals surface area contributed by atoms with E-state index >= 15 is 0 Å². The normalized spacial score (nSPS) is 21.9. The van der Waals surface area contributed by atoms with Crippen LogP contribution in [0.2, 0.25) is 0 Å². The molecule has 0 bridgehead atoms. The molecule has 0 unspecified atom stereocenters. The maximum atomic E-state index is 12.3. The Morgan fingerprint density at radius 3 is 2.59 bits per heavy atom. The fourth-order valence-corrected chi connectivity index (χ4v) is 6.00. The number of carbonyl (C=O) groups is 2. The van der Waals surface area contributed by atoms with Gasteiger partial charge in [-0.25, -0.2) is 9.31 Å². The highest BCUT2D eigenvalue weighted by Crippen LogP contribution is 2.33. The first kappa shape index (κ1) is 23.3. The molecule has 34 heavy (non-hydrogen) atoms. The highest BCUT2D eigenvalue weighted by atomic mass is 16.5. The molecule has 0 atom stereocenters. The maximum absolute atomic E-state index is 12.3. The van der Waals surface area contributed by atoms with Crippen molar-refractivity contribution < 1.29 is 14.3 Å². The molecule has 3 aliphatic rings. The largest absolute Gasteiger partial charge is 0.381 e. The molecule has 0 radical (unpaired) electrons. The van der Waals surface area contributed by atoms with Gasteiger partial charge in [0.2, 0.25) is 5.91 Å². The molecule has 3 amide bonds. The van der Waals surface area contributed by atoms with Crippen LogP contribution in [0.5, 0.6) is 0 Å². The highest BCUT2D eigenvalue weighted by Gasteiger charge is 2.33. The smallest absolute Gasteiger partial charge is 0.328 e. The SMILES string of the molecule is CC(C)(CC1CCOCC1)N1CCC(Cc2ccn3ncc(N4CCC(=O)NC4=O)c3c2)CC1. The van der Waals surface area contributed by atoms with Crippen molar-refractivity contribution in [2.75, 3.05) is 37.7 Å². The predicted molar refractivity (Wildman–Crippen MR) is 131 cm³/mol. The van der Waals surface area contributed by atoms with Crippen molar-refractivity contribution in [2.24, 2.45) is 11.8 Å². The van der Waals surface area contributed by atoms with Gasteiger partial charge in [0.25, 0.3) is 0 Å². The van der Waals surface area contributed by atoms with Crippen LogP contribution in [0.25, 0.3) is 5.52 Å². The number of aromatic nitrogens is 2. The summed E-state index contributed by atoms with van der Waals surface area (Å²) in [5.41, 5.74) is 3.20. The fraction of sp³-hybridized carbons (Fsp3) is 0.654. The van der Waals surface area contributed by atoms with Crippen molar-refractivity contribution in [3.05, 3.63) is 30.1 Å². The van der Waals surface area contributed by atoms with Crippen LogP contribution < -0.4 is 10.2 Å². The van der Waals surface area contributed by atoms with Gasteiger partial charge in [0.15, 0.2) is 0 Å². The molecule has 3 aliphatic heterocycles. The molecule has 2 aromatic heterocycles. The zero-order valence-corrected chi connectivity index (χ0v) is 20.5. The van der Waals surface area contributed by atoms with Crippen molar-refractivity contribution in [2.45, 2.75) is 64.3 Å².